The molecule has 21 heavy (non-hydrogen) atoms. The Kier molecular flexibility index (Phi) is 6.35. The molecule has 0 fully saturated rings. The molecule has 0 saturated carbocycles. The van der Waals surface area contributed by atoms with E-state index < -0.39 is 18.2 Å². The number of azide groups is 1. The van der Waals surface area contributed by atoms with E-state index in [1.807, 2.05) is 0 Å². The lowest BCUT2D eigenvalue weighted by Gasteiger charge is -2.16. The lowest BCUT2D eigenvalue weighted by molar-refractivity contribution is -0.136. The molecule has 1 aromatic carbocycles. The molecule has 8 nitrogen and oxygen atoms in total. The fraction of sp³-hybridized carbons (Fsp3) is 0.385. The van der Waals surface area contributed by atoms with Crippen molar-refractivity contribution in [2.24, 2.45) is 5.11 Å². The number of Topliss-reactive ketones (excluding diaryl/α,β-unsaturated/α-hetero) is 1. The third kappa shape index (κ3) is 5.23. The monoisotopic (exact) mass is 293 g/mol. The molecule has 0 amide bonds. The van der Waals surface area contributed by atoms with Gasteiger partial charge in [-0.05, 0) is 11.1 Å². The van der Waals surface area contributed by atoms with Gasteiger partial charge in [0.15, 0.2) is 5.78 Å². The summed E-state index contributed by atoms with van der Waals surface area (Å²) in [5, 5.41) is 31.1. The van der Waals surface area contributed by atoms with Crippen LogP contribution in [0.1, 0.15) is 34.9 Å². The van der Waals surface area contributed by atoms with E-state index in [1.54, 1.807) is 0 Å². The van der Waals surface area contributed by atoms with Gasteiger partial charge in [0.25, 0.3) is 0 Å². The maximum absolute atomic E-state index is 11.7. The van der Waals surface area contributed by atoms with Crippen LogP contribution in [0.5, 0.6) is 0 Å². The van der Waals surface area contributed by atoms with Crippen molar-refractivity contribution in [2.75, 3.05) is 6.54 Å². The van der Waals surface area contributed by atoms with Gasteiger partial charge < -0.3 is 15.3 Å². The van der Waals surface area contributed by atoms with Crippen molar-refractivity contribution in [3.05, 3.63) is 45.8 Å². The Labute approximate surface area is 120 Å². The molecule has 0 spiro atoms. The Morgan fingerprint density at radius 2 is 1.81 bits per heavy atom. The topological polar surface area (TPSA) is 144 Å². The number of ketones is 1. The largest absolute Gasteiger partial charge is 0.481 e. The minimum absolute atomic E-state index is 0.100. The third-order valence-electron chi connectivity index (χ3n) is 2.84. The second kappa shape index (κ2) is 8.01. The Morgan fingerprint density at radius 3 is 2.33 bits per heavy atom. The zero-order chi connectivity index (χ0) is 15.8. The second-order valence-electron chi connectivity index (χ2n) is 4.36. The Balaban J connectivity index is 2.70. The Bertz CT molecular complexity index is 551. The van der Waals surface area contributed by atoms with Gasteiger partial charge in [-0.1, -0.05) is 29.4 Å². The zero-order valence-corrected chi connectivity index (χ0v) is 11.1. The Hall–Kier alpha value is -2.41. The van der Waals surface area contributed by atoms with E-state index in [2.05, 4.69) is 10.0 Å². The van der Waals surface area contributed by atoms with Crippen molar-refractivity contribution >= 4 is 11.8 Å². The summed E-state index contributed by atoms with van der Waals surface area (Å²) in [6, 6.07) is 5.81. The Morgan fingerprint density at radius 1 is 1.19 bits per heavy atom. The van der Waals surface area contributed by atoms with E-state index in [-0.39, 0.29) is 25.2 Å². The van der Waals surface area contributed by atoms with Gasteiger partial charge in [-0.15, -0.1) is 0 Å². The van der Waals surface area contributed by atoms with Crippen LogP contribution in [0.2, 0.25) is 0 Å². The summed E-state index contributed by atoms with van der Waals surface area (Å²) in [6.07, 6.45) is -2.82. The maximum atomic E-state index is 11.7. The average molecular weight is 293 g/mol. The predicted octanol–water partition coefficient (Wildman–Crippen LogP) is 1.44. The fourth-order valence-corrected chi connectivity index (χ4v) is 1.67. The lowest BCUT2D eigenvalue weighted by Crippen LogP contribution is -2.21. The highest BCUT2D eigenvalue weighted by atomic mass is 16.4. The molecule has 2 unspecified atom stereocenters. The molecule has 1 rings (SSSR count). The predicted molar refractivity (Wildman–Crippen MR) is 72.6 cm³/mol. The number of hydrogen-bond acceptors (Lipinski definition) is 5. The number of aliphatic carboxylic acids is 1. The highest BCUT2D eigenvalue weighted by Gasteiger charge is 2.18. The molecule has 0 aliphatic carbocycles. The lowest BCUT2D eigenvalue weighted by atomic mass is 10.00. The van der Waals surface area contributed by atoms with E-state index in [1.165, 1.54) is 24.3 Å². The summed E-state index contributed by atoms with van der Waals surface area (Å²) in [6.45, 7) is -0.267. The summed E-state index contributed by atoms with van der Waals surface area (Å²) in [5.74, 6) is -1.36. The first-order chi connectivity index (χ1) is 9.95. The first kappa shape index (κ1) is 16.6. The van der Waals surface area contributed by atoms with Gasteiger partial charge in [0.1, 0.15) is 6.10 Å². The second-order valence-corrected chi connectivity index (χ2v) is 4.36. The van der Waals surface area contributed by atoms with Gasteiger partial charge in [-0.2, -0.15) is 0 Å². The van der Waals surface area contributed by atoms with Crippen molar-refractivity contribution in [3.63, 3.8) is 0 Å². The normalized spacial score (nSPS) is 13.0. The van der Waals surface area contributed by atoms with Crippen LogP contribution in [-0.2, 0) is 4.79 Å². The number of carboxylic acids is 1. The molecule has 112 valence electrons. The first-order valence-electron chi connectivity index (χ1n) is 6.17. The van der Waals surface area contributed by atoms with E-state index >= 15 is 0 Å². The van der Waals surface area contributed by atoms with E-state index in [9.17, 15) is 19.8 Å². The fourth-order valence-electron chi connectivity index (χ4n) is 1.67. The molecule has 8 heteroatoms. The van der Waals surface area contributed by atoms with Crippen LogP contribution in [-0.4, -0.2) is 39.7 Å². The van der Waals surface area contributed by atoms with Crippen LogP contribution in [0, 0.1) is 0 Å². The van der Waals surface area contributed by atoms with Crippen LogP contribution in [0.25, 0.3) is 10.4 Å². The molecule has 0 aliphatic rings. The molecule has 0 heterocycles. The molecule has 0 aromatic heterocycles. The van der Waals surface area contributed by atoms with Gasteiger partial charge in [0.05, 0.1) is 19.1 Å². The molecule has 2 atom stereocenters. The summed E-state index contributed by atoms with van der Waals surface area (Å²) < 4.78 is 0. The highest BCUT2D eigenvalue weighted by Crippen LogP contribution is 2.18. The number of carbonyl (C=O) groups is 2. The molecule has 0 radical (unpaired) electrons. The molecular weight excluding hydrogens is 278 g/mol. The average Bonchev–Trinajstić information content (AvgIpc) is 2.49. The van der Waals surface area contributed by atoms with Crippen LogP contribution in [0.4, 0.5) is 0 Å². The van der Waals surface area contributed by atoms with Crippen molar-refractivity contribution in [3.8, 4) is 0 Å². The van der Waals surface area contributed by atoms with Crippen molar-refractivity contribution in [1.82, 2.24) is 0 Å². The molecule has 0 aliphatic heterocycles. The number of aliphatic hydroxyl groups excluding tert-OH is 2. The minimum Gasteiger partial charge on any atom is -0.481 e. The number of benzene rings is 1. The van der Waals surface area contributed by atoms with E-state index in [0.29, 0.717) is 11.1 Å². The quantitative estimate of drug-likeness (QED) is 0.287. The summed E-state index contributed by atoms with van der Waals surface area (Å²) in [4.78, 5) is 24.6. The van der Waals surface area contributed by atoms with E-state index in [4.69, 9.17) is 10.6 Å². The number of aliphatic hydroxyl groups is 2. The number of hydrogen-bond donors (Lipinski definition) is 3. The highest BCUT2D eigenvalue weighted by molar-refractivity contribution is 5.97. The SMILES string of the molecule is [N-]=[N+]=NCC(O)C(O)c1ccc(C(=O)CCC(=O)O)cc1. The minimum atomic E-state index is -1.24. The van der Waals surface area contributed by atoms with Crippen LogP contribution < -0.4 is 0 Å². The molecule has 0 saturated heterocycles. The first-order valence-corrected chi connectivity index (χ1v) is 6.17. The molecule has 1 aromatic rings. The number of nitrogens with zero attached hydrogens (tertiary/aromatic N) is 3. The molecule has 0 bridgehead atoms. The third-order valence-corrected chi connectivity index (χ3v) is 2.84. The van der Waals surface area contributed by atoms with Gasteiger partial charge in [0, 0.05) is 16.9 Å². The number of carbonyl (C=O) groups excluding carboxylic acids is 1. The number of carboxylic acid groups (broad SMARTS) is 1. The van der Waals surface area contributed by atoms with Crippen molar-refractivity contribution in [1.29, 1.82) is 0 Å². The summed E-state index contributed by atoms with van der Waals surface area (Å²) in [7, 11) is 0. The van der Waals surface area contributed by atoms with E-state index in [0.717, 1.165) is 0 Å². The summed E-state index contributed by atoms with van der Waals surface area (Å²) >= 11 is 0. The van der Waals surface area contributed by atoms with Gasteiger partial charge in [0.2, 0.25) is 0 Å². The standard InChI is InChI=1S/C13H15N3O5/c14-16-15-7-11(18)13(21)9-3-1-8(2-4-9)10(17)5-6-12(19)20/h1-4,11,13,18,21H,5-7H2,(H,19,20). The van der Waals surface area contributed by atoms with Crippen LogP contribution >= 0.6 is 0 Å². The maximum Gasteiger partial charge on any atom is 0.303 e. The van der Waals surface area contributed by atoms with Gasteiger partial charge in [-0.25, -0.2) is 0 Å². The van der Waals surface area contributed by atoms with Crippen molar-refractivity contribution in [2.45, 2.75) is 25.0 Å². The van der Waals surface area contributed by atoms with Crippen LogP contribution in [0.15, 0.2) is 29.4 Å². The summed E-state index contributed by atoms with van der Waals surface area (Å²) in [5.41, 5.74) is 8.84. The number of rotatable bonds is 8. The van der Waals surface area contributed by atoms with Crippen molar-refractivity contribution < 1.29 is 24.9 Å². The van der Waals surface area contributed by atoms with Crippen LogP contribution in [0.3, 0.4) is 0 Å². The van der Waals surface area contributed by atoms with Gasteiger partial charge >= 0.3 is 5.97 Å². The molecule has 3 N–H and O–H groups in total. The smallest absolute Gasteiger partial charge is 0.303 e. The zero-order valence-electron chi connectivity index (χ0n) is 11.1. The molecular formula is C13H15N3O5. The van der Waals surface area contributed by atoms with Gasteiger partial charge in [-0.3, -0.25) is 9.59 Å².